The minimum Gasteiger partial charge on any atom is -0.273 e. The number of sulfonamides is 1. The Balaban J connectivity index is 1.77. The van der Waals surface area contributed by atoms with E-state index in [0.29, 0.717) is 5.56 Å². The summed E-state index contributed by atoms with van der Waals surface area (Å²) in [6.07, 6.45) is 0. The van der Waals surface area contributed by atoms with E-state index in [2.05, 4.69) is 5.43 Å². The van der Waals surface area contributed by atoms with Gasteiger partial charge in [0.05, 0.1) is 9.92 Å². The van der Waals surface area contributed by atoms with Gasteiger partial charge in [-0.05, 0) is 41.1 Å². The summed E-state index contributed by atoms with van der Waals surface area (Å²) in [5.41, 5.74) is 2.41. The Morgan fingerprint density at radius 2 is 1.68 bits per heavy atom. The van der Waals surface area contributed by atoms with Crippen LogP contribution in [0.15, 0.2) is 65.6 Å². The Hall–Kier alpha value is -2.48. The van der Waals surface area contributed by atoms with Crippen LogP contribution in [0.25, 0.3) is 10.8 Å². The molecule has 0 atom stereocenters. The first kappa shape index (κ1) is 17.3. The van der Waals surface area contributed by atoms with E-state index in [4.69, 9.17) is 11.6 Å². The molecule has 0 bridgehead atoms. The van der Waals surface area contributed by atoms with Crippen LogP contribution in [0.5, 0.6) is 0 Å². The Kier molecular flexibility index (Phi) is 4.71. The molecule has 0 saturated heterocycles. The van der Waals surface area contributed by atoms with Crippen molar-refractivity contribution in [1.82, 2.24) is 10.3 Å². The van der Waals surface area contributed by atoms with Gasteiger partial charge in [0, 0.05) is 5.56 Å². The molecule has 0 aromatic heterocycles. The third-order valence-electron chi connectivity index (χ3n) is 3.51. The highest BCUT2D eigenvalue weighted by Crippen LogP contribution is 2.19. The Morgan fingerprint density at radius 1 is 0.960 bits per heavy atom. The molecule has 128 valence electrons. The van der Waals surface area contributed by atoms with Crippen molar-refractivity contribution in [3.8, 4) is 0 Å². The largest absolute Gasteiger partial charge is 0.273 e. The molecular weight excluding hydrogens is 367 g/mol. The number of halogens is 2. The molecule has 0 saturated carbocycles. The van der Waals surface area contributed by atoms with Crippen LogP contribution in [0.1, 0.15) is 10.4 Å². The van der Waals surface area contributed by atoms with E-state index in [1.165, 1.54) is 0 Å². The number of benzene rings is 3. The summed E-state index contributed by atoms with van der Waals surface area (Å²) in [6.45, 7) is 0. The molecule has 3 aromatic rings. The van der Waals surface area contributed by atoms with Crippen LogP contribution in [0, 0.1) is 5.82 Å². The first-order chi connectivity index (χ1) is 11.9. The van der Waals surface area contributed by atoms with Crippen LogP contribution in [-0.2, 0) is 10.0 Å². The molecule has 5 nitrogen and oxygen atoms in total. The summed E-state index contributed by atoms with van der Waals surface area (Å²) in [4.78, 5) is 13.9. The van der Waals surface area contributed by atoms with Gasteiger partial charge in [-0.15, -0.1) is 4.83 Å². The van der Waals surface area contributed by atoms with Crippen LogP contribution >= 0.6 is 11.6 Å². The van der Waals surface area contributed by atoms with Crippen molar-refractivity contribution in [3.05, 3.63) is 77.1 Å². The van der Waals surface area contributed by atoms with Crippen LogP contribution in [0.4, 0.5) is 4.39 Å². The molecule has 0 fully saturated rings. The zero-order valence-electron chi connectivity index (χ0n) is 12.7. The predicted molar refractivity (Wildman–Crippen MR) is 93.1 cm³/mol. The van der Waals surface area contributed by atoms with Gasteiger partial charge in [-0.25, -0.2) is 12.8 Å². The van der Waals surface area contributed by atoms with Gasteiger partial charge in [-0.3, -0.25) is 10.2 Å². The number of hydrogen-bond acceptors (Lipinski definition) is 3. The number of carbonyl (C=O) groups excluding carboxylic acids is 1. The maximum atomic E-state index is 13.1. The molecule has 8 heteroatoms. The quantitative estimate of drug-likeness (QED) is 0.684. The number of hydrazine groups is 1. The summed E-state index contributed by atoms with van der Waals surface area (Å²) in [5.74, 6) is -1.36. The number of carbonyl (C=O) groups is 1. The van der Waals surface area contributed by atoms with Crippen molar-refractivity contribution in [1.29, 1.82) is 0 Å². The second-order valence-electron chi connectivity index (χ2n) is 5.20. The standard InChI is InChI=1S/C17H12ClFN2O3S/c18-15-10-14(7-8-16(15)19)25(23,24)21-20-17(22)13-6-5-11-3-1-2-4-12(11)9-13/h1-10,21H,(H,20,22). The molecule has 0 unspecified atom stereocenters. The van der Waals surface area contributed by atoms with Gasteiger partial charge >= 0.3 is 0 Å². The van der Waals surface area contributed by atoms with Gasteiger partial charge in [-0.1, -0.05) is 41.9 Å². The fraction of sp³-hybridized carbons (Fsp3) is 0. The molecule has 2 N–H and O–H groups in total. The van der Waals surface area contributed by atoms with Crippen molar-refractivity contribution in [3.63, 3.8) is 0 Å². The van der Waals surface area contributed by atoms with Gasteiger partial charge < -0.3 is 0 Å². The molecule has 25 heavy (non-hydrogen) atoms. The maximum absolute atomic E-state index is 13.1. The molecule has 3 rings (SSSR count). The summed E-state index contributed by atoms with van der Waals surface area (Å²) in [7, 11) is -4.08. The van der Waals surface area contributed by atoms with Crippen LogP contribution < -0.4 is 10.3 Å². The lowest BCUT2D eigenvalue weighted by atomic mass is 10.1. The fourth-order valence-corrected chi connectivity index (χ4v) is 3.33. The number of nitrogens with one attached hydrogen (secondary N) is 2. The molecule has 0 aliphatic rings. The number of rotatable bonds is 4. The highest BCUT2D eigenvalue weighted by atomic mass is 35.5. The maximum Gasteiger partial charge on any atom is 0.266 e. The lowest BCUT2D eigenvalue weighted by Crippen LogP contribution is -2.41. The molecule has 0 heterocycles. The average molecular weight is 379 g/mol. The van der Waals surface area contributed by atoms with E-state index in [1.807, 2.05) is 29.1 Å². The number of fused-ring (bicyclic) bond motifs is 1. The smallest absolute Gasteiger partial charge is 0.266 e. The second-order valence-corrected chi connectivity index (χ2v) is 7.29. The minimum absolute atomic E-state index is 0.266. The van der Waals surface area contributed by atoms with Gasteiger partial charge in [0.25, 0.3) is 15.9 Å². The summed E-state index contributed by atoms with van der Waals surface area (Å²) in [5, 5.41) is 1.48. The molecule has 0 aliphatic carbocycles. The van der Waals surface area contributed by atoms with Crippen LogP contribution in [-0.4, -0.2) is 14.3 Å². The molecular formula is C17H12ClFN2O3S. The van der Waals surface area contributed by atoms with Crippen LogP contribution in [0.2, 0.25) is 5.02 Å². The van der Waals surface area contributed by atoms with E-state index in [9.17, 15) is 17.6 Å². The monoisotopic (exact) mass is 378 g/mol. The second kappa shape index (κ2) is 6.79. The number of hydrogen-bond donors (Lipinski definition) is 2. The Labute approximate surface area is 148 Å². The fourth-order valence-electron chi connectivity index (χ4n) is 2.22. The van der Waals surface area contributed by atoms with Crippen LogP contribution in [0.3, 0.4) is 0 Å². The molecule has 0 aliphatic heterocycles. The third-order valence-corrected chi connectivity index (χ3v) is 5.05. The summed E-state index contributed by atoms with van der Waals surface area (Å²) >= 11 is 5.58. The van der Waals surface area contributed by atoms with Crippen molar-refractivity contribution in [2.45, 2.75) is 4.90 Å². The molecule has 0 spiro atoms. The average Bonchev–Trinajstić information content (AvgIpc) is 2.61. The van der Waals surface area contributed by atoms with Crippen molar-refractivity contribution in [2.75, 3.05) is 0 Å². The van der Waals surface area contributed by atoms with E-state index in [-0.39, 0.29) is 9.92 Å². The zero-order chi connectivity index (χ0) is 18.0. The molecule has 3 aromatic carbocycles. The first-order valence-corrected chi connectivity index (χ1v) is 8.99. The third kappa shape index (κ3) is 3.79. The Bertz CT molecular complexity index is 1070. The van der Waals surface area contributed by atoms with Crippen molar-refractivity contribution < 1.29 is 17.6 Å². The van der Waals surface area contributed by atoms with Gasteiger partial charge in [0.2, 0.25) is 0 Å². The summed E-state index contributed by atoms with van der Waals surface area (Å²) < 4.78 is 37.4. The highest BCUT2D eigenvalue weighted by Gasteiger charge is 2.17. The molecule has 0 radical (unpaired) electrons. The highest BCUT2D eigenvalue weighted by molar-refractivity contribution is 7.89. The van der Waals surface area contributed by atoms with Crippen molar-refractivity contribution in [2.24, 2.45) is 0 Å². The molecule has 1 amide bonds. The van der Waals surface area contributed by atoms with E-state index in [0.717, 1.165) is 29.0 Å². The number of amides is 1. The lowest BCUT2D eigenvalue weighted by molar-refractivity contribution is 0.0945. The topological polar surface area (TPSA) is 75.3 Å². The van der Waals surface area contributed by atoms with Gasteiger partial charge in [0.1, 0.15) is 5.82 Å². The van der Waals surface area contributed by atoms with Gasteiger partial charge in [-0.2, -0.15) is 0 Å². The van der Waals surface area contributed by atoms with E-state index >= 15 is 0 Å². The summed E-state index contributed by atoms with van der Waals surface area (Å²) in [6, 6.07) is 15.4. The normalized spacial score (nSPS) is 11.4. The zero-order valence-corrected chi connectivity index (χ0v) is 14.2. The predicted octanol–water partition coefficient (Wildman–Crippen LogP) is 3.26. The SMILES string of the molecule is O=C(NNS(=O)(=O)c1ccc(F)c(Cl)c1)c1ccc2ccccc2c1. The van der Waals surface area contributed by atoms with Gasteiger partial charge in [0.15, 0.2) is 0 Å². The lowest BCUT2D eigenvalue weighted by Gasteiger charge is -2.09. The van der Waals surface area contributed by atoms with E-state index < -0.39 is 21.7 Å². The van der Waals surface area contributed by atoms with Crippen molar-refractivity contribution >= 4 is 38.3 Å². The van der Waals surface area contributed by atoms with E-state index in [1.54, 1.807) is 18.2 Å². The Morgan fingerprint density at radius 3 is 2.40 bits per heavy atom. The minimum atomic E-state index is -4.08. The first-order valence-electron chi connectivity index (χ1n) is 7.13.